The van der Waals surface area contributed by atoms with Crippen molar-refractivity contribution in [2.45, 2.75) is 108 Å². The molecule has 4 bridgehead atoms. The number of piperidine rings is 1. The average Bonchev–Trinajstić information content (AvgIpc) is 3.52. The molecule has 0 radical (unpaired) electrons. The van der Waals surface area contributed by atoms with Gasteiger partial charge in [0, 0.05) is 42.0 Å². The summed E-state index contributed by atoms with van der Waals surface area (Å²) in [6.07, 6.45) is 8.41. The van der Waals surface area contributed by atoms with Crippen LogP contribution in [0.5, 0.6) is 11.5 Å². The molecule has 2 spiro atoms. The van der Waals surface area contributed by atoms with Crippen molar-refractivity contribution in [3.8, 4) is 11.5 Å². The van der Waals surface area contributed by atoms with Crippen LogP contribution in [0.1, 0.15) is 83.8 Å². The van der Waals surface area contributed by atoms with E-state index in [4.69, 9.17) is 9.47 Å². The predicted octanol–water partition coefficient (Wildman–Crippen LogP) is 4.80. The van der Waals surface area contributed by atoms with E-state index in [9.17, 15) is 10.2 Å². The third kappa shape index (κ3) is 2.71. The van der Waals surface area contributed by atoms with Gasteiger partial charge in [0.25, 0.3) is 0 Å². The number of ether oxygens (including phenoxy) is 2. The van der Waals surface area contributed by atoms with Gasteiger partial charge in [-0.1, -0.05) is 26.8 Å². The number of hydrogen-bond donors (Lipinski definition) is 2. The summed E-state index contributed by atoms with van der Waals surface area (Å²) in [7, 11) is 1.84. The van der Waals surface area contributed by atoms with Crippen molar-refractivity contribution in [3.05, 3.63) is 23.3 Å². The van der Waals surface area contributed by atoms with Crippen LogP contribution in [0.4, 0.5) is 0 Å². The van der Waals surface area contributed by atoms with E-state index in [1.165, 1.54) is 30.5 Å². The number of phenolic OH excluding ortho intramolecular Hbond substituents is 1. The predicted molar refractivity (Wildman–Crippen MR) is 135 cm³/mol. The second kappa shape index (κ2) is 6.76. The third-order valence-electron chi connectivity index (χ3n) is 11.3. The fourth-order valence-corrected chi connectivity index (χ4v) is 10.3. The van der Waals surface area contributed by atoms with Gasteiger partial charge in [-0.25, -0.2) is 0 Å². The zero-order valence-electron chi connectivity index (χ0n) is 22.2. The normalized spacial score (nSPS) is 43.0. The summed E-state index contributed by atoms with van der Waals surface area (Å²) < 4.78 is 13.5. The topological polar surface area (TPSA) is 62.2 Å². The Kier molecular flexibility index (Phi) is 4.42. The summed E-state index contributed by atoms with van der Waals surface area (Å²) in [5.74, 6) is 1.83. The molecule has 0 aromatic heterocycles. The van der Waals surface area contributed by atoms with Crippen LogP contribution in [0.3, 0.4) is 0 Å². The molecule has 2 N–H and O–H groups in total. The number of phenols is 1. The Balaban J connectivity index is 1.44. The molecule has 8 rings (SSSR count). The highest BCUT2D eigenvalue weighted by atomic mass is 16.6. The molecular formula is C30H43NO4. The molecular weight excluding hydrogens is 438 g/mol. The van der Waals surface area contributed by atoms with Gasteiger partial charge in [-0.15, -0.1) is 0 Å². The lowest BCUT2D eigenvalue weighted by Gasteiger charge is -2.75. The van der Waals surface area contributed by atoms with E-state index < -0.39 is 11.2 Å². The van der Waals surface area contributed by atoms with Gasteiger partial charge >= 0.3 is 0 Å². The van der Waals surface area contributed by atoms with Crippen molar-refractivity contribution in [3.63, 3.8) is 0 Å². The highest BCUT2D eigenvalue weighted by Crippen LogP contribution is 2.77. The lowest BCUT2D eigenvalue weighted by molar-refractivity contribution is -0.304. The Morgan fingerprint density at radius 1 is 1.14 bits per heavy atom. The molecule has 35 heavy (non-hydrogen) atoms. The van der Waals surface area contributed by atoms with E-state index in [-0.39, 0.29) is 34.0 Å². The number of aromatic hydroxyl groups is 1. The Labute approximate surface area is 210 Å². The molecule has 4 saturated carbocycles. The smallest absolute Gasteiger partial charge is 0.165 e. The minimum Gasteiger partial charge on any atom is -0.504 e. The van der Waals surface area contributed by atoms with E-state index in [2.05, 4.69) is 38.7 Å². The summed E-state index contributed by atoms with van der Waals surface area (Å²) in [6.45, 7) is 11.0. The van der Waals surface area contributed by atoms with Crippen LogP contribution in [0, 0.1) is 22.7 Å². The maximum Gasteiger partial charge on any atom is 0.165 e. The number of likely N-dealkylation sites (tertiary alicyclic amines) is 1. The second-order valence-electron chi connectivity index (χ2n) is 14.5. The molecule has 7 aliphatic rings. The third-order valence-corrected chi connectivity index (χ3v) is 11.3. The van der Waals surface area contributed by atoms with Gasteiger partial charge in [-0.2, -0.15) is 0 Å². The number of rotatable bonds is 5. The van der Waals surface area contributed by atoms with Gasteiger partial charge < -0.3 is 19.7 Å². The van der Waals surface area contributed by atoms with E-state index in [0.29, 0.717) is 11.8 Å². The van der Waals surface area contributed by atoms with E-state index in [1.807, 2.05) is 13.2 Å². The summed E-state index contributed by atoms with van der Waals surface area (Å²) in [5.41, 5.74) is 1.16. The number of aliphatic hydroxyl groups is 1. The average molecular weight is 482 g/mol. The zero-order valence-corrected chi connectivity index (χ0v) is 22.2. The lowest BCUT2D eigenvalue weighted by Crippen LogP contribution is -2.82. The first-order valence-electron chi connectivity index (χ1n) is 14.0. The summed E-state index contributed by atoms with van der Waals surface area (Å²) in [4.78, 5) is 2.83. The summed E-state index contributed by atoms with van der Waals surface area (Å²) in [6, 6.07) is 4.47. The zero-order chi connectivity index (χ0) is 24.6. The number of hydrogen-bond acceptors (Lipinski definition) is 5. The Bertz CT molecular complexity index is 1070. The van der Waals surface area contributed by atoms with Crippen LogP contribution in [-0.4, -0.2) is 58.7 Å². The van der Waals surface area contributed by atoms with Crippen molar-refractivity contribution in [2.24, 2.45) is 22.7 Å². The molecule has 5 fully saturated rings. The van der Waals surface area contributed by atoms with Gasteiger partial charge in [0.1, 0.15) is 11.7 Å². The van der Waals surface area contributed by atoms with Crippen LogP contribution >= 0.6 is 0 Å². The first-order chi connectivity index (χ1) is 16.5. The highest BCUT2D eigenvalue weighted by molar-refractivity contribution is 5.63. The van der Waals surface area contributed by atoms with Crippen LogP contribution in [0.25, 0.3) is 0 Å². The van der Waals surface area contributed by atoms with Crippen molar-refractivity contribution >= 4 is 0 Å². The quantitative estimate of drug-likeness (QED) is 0.632. The van der Waals surface area contributed by atoms with E-state index in [0.717, 1.165) is 51.0 Å². The Morgan fingerprint density at radius 3 is 2.60 bits per heavy atom. The maximum atomic E-state index is 12.2. The Morgan fingerprint density at radius 2 is 1.91 bits per heavy atom. The molecule has 192 valence electrons. The van der Waals surface area contributed by atoms with Gasteiger partial charge in [0.2, 0.25) is 0 Å². The first-order valence-corrected chi connectivity index (χ1v) is 14.0. The van der Waals surface area contributed by atoms with Gasteiger partial charge in [0.15, 0.2) is 11.5 Å². The fraction of sp³-hybridized carbons (Fsp3) is 0.800. The molecule has 5 heteroatoms. The highest BCUT2D eigenvalue weighted by Gasteiger charge is 2.82. The van der Waals surface area contributed by atoms with Crippen molar-refractivity contribution in [1.82, 2.24) is 4.90 Å². The molecule has 5 aliphatic carbocycles. The maximum absolute atomic E-state index is 12.2. The number of nitrogens with zero attached hydrogens (tertiary/aromatic N) is 1. The fourth-order valence-electron chi connectivity index (χ4n) is 10.3. The lowest BCUT2D eigenvalue weighted by atomic mass is 9.33. The molecule has 1 aromatic rings. The molecule has 1 aromatic carbocycles. The number of methoxy groups -OCH3 is 1. The van der Waals surface area contributed by atoms with Crippen LogP contribution in [-0.2, 0) is 16.6 Å². The number of benzene rings is 1. The van der Waals surface area contributed by atoms with E-state index in [1.54, 1.807) is 0 Å². The molecule has 2 heterocycles. The number of fused-ring (bicyclic) bond motifs is 2. The van der Waals surface area contributed by atoms with Gasteiger partial charge in [0.05, 0.1) is 5.60 Å². The van der Waals surface area contributed by atoms with Crippen LogP contribution < -0.4 is 4.74 Å². The first kappa shape index (κ1) is 22.9. The summed E-state index contributed by atoms with van der Waals surface area (Å²) >= 11 is 0. The molecule has 2 aliphatic heterocycles. The standard InChI is InChI=1S/C30H43NO4/c1-26(2,3)17-27(4,33)21-15-28-10-11-30(21,34-5)25-29(28)12-13-31(16-18-6-7-18)22(28)14-19-8-9-20(32)24(35-25)23(19)29/h8-9,18,21-22,25,32-33H,6-7,10-17H2,1-5H3/t21-,22-,25-,27-,28-,29+,30+/m1/s1. The largest absolute Gasteiger partial charge is 0.504 e. The molecule has 0 unspecified atom stereocenters. The molecule has 7 atom stereocenters. The van der Waals surface area contributed by atoms with Crippen molar-refractivity contribution in [2.75, 3.05) is 20.2 Å². The van der Waals surface area contributed by atoms with Crippen LogP contribution in [0.15, 0.2) is 12.1 Å². The molecule has 0 amide bonds. The minimum atomic E-state index is -0.862. The summed E-state index contributed by atoms with van der Waals surface area (Å²) in [5, 5.41) is 23.2. The molecule has 5 nitrogen and oxygen atoms in total. The Hall–Kier alpha value is -1.30. The second-order valence-corrected chi connectivity index (χ2v) is 14.5. The SMILES string of the molecule is CO[C@@]12CC[C@@]3(C[C@@H]1[C@](C)(O)CC(C)(C)C)[C@H]1Cc4ccc(O)c5c4[C@@]3(CCN1CC1CC1)[C@H]2O5. The van der Waals surface area contributed by atoms with Gasteiger partial charge in [-0.05, 0) is 87.8 Å². The van der Waals surface area contributed by atoms with Crippen molar-refractivity contribution in [1.29, 1.82) is 0 Å². The van der Waals surface area contributed by atoms with Crippen molar-refractivity contribution < 1.29 is 19.7 Å². The van der Waals surface area contributed by atoms with Crippen LogP contribution in [0.2, 0.25) is 0 Å². The van der Waals surface area contributed by atoms with E-state index >= 15 is 0 Å². The van der Waals surface area contributed by atoms with Gasteiger partial charge in [-0.3, -0.25) is 4.90 Å². The minimum absolute atomic E-state index is 0.00696. The monoisotopic (exact) mass is 481 g/mol. The molecule has 1 saturated heterocycles.